The lowest BCUT2D eigenvalue weighted by molar-refractivity contribution is -0.136. The van der Waals surface area contributed by atoms with E-state index in [0.29, 0.717) is 36.1 Å². The maximum atomic E-state index is 13.4. The quantitative estimate of drug-likeness (QED) is 0.0941. The number of unbranched alkanes of at least 4 members (excludes halogenated alkanes) is 1. The first-order chi connectivity index (χ1) is 21.5. The highest BCUT2D eigenvalue weighted by atomic mass is 16.5. The number of aliphatic hydroxyl groups is 1. The van der Waals surface area contributed by atoms with Crippen molar-refractivity contribution in [3.05, 3.63) is 34.9 Å². The highest BCUT2D eigenvalue weighted by Crippen LogP contribution is 2.15. The van der Waals surface area contributed by atoms with E-state index < -0.39 is 72.3 Å². The predicted molar refractivity (Wildman–Crippen MR) is 173 cm³/mol. The number of carbonyl (C=O) groups is 6. The molecule has 0 radical (unpaired) electrons. The minimum atomic E-state index is -1.47. The van der Waals surface area contributed by atoms with Gasteiger partial charge in [-0.25, -0.2) is 4.79 Å². The van der Waals surface area contributed by atoms with Gasteiger partial charge in [0.1, 0.15) is 18.1 Å². The van der Waals surface area contributed by atoms with Crippen molar-refractivity contribution in [3.8, 4) is 0 Å². The number of hydrogen-bond acceptors (Lipinski definition) is 9. The van der Waals surface area contributed by atoms with Crippen LogP contribution in [0.1, 0.15) is 88.7 Å². The van der Waals surface area contributed by atoms with E-state index in [9.17, 15) is 33.9 Å². The standard InChI is InChI=1S/C33H53N5O8/c1-18(2)16-25(37-31(43)28(19(3)4)35-23(8)40)30(42)38-29(22(7)39)32(44)36-24(14-9-10-15-34)26(41)17-46-33(45)27-20(5)12-11-13-21(27)6/h11-13,18-19,22,24-25,28-29,39H,9-10,14-17,34H2,1-8H3,(H,35,40)(H,36,44)(H,37,43)(H,38,42)/t22-,24+,25+,28+,29+/m1/s1. The first kappa shape index (κ1) is 40.2. The second-order valence-corrected chi connectivity index (χ2v) is 12.5. The highest BCUT2D eigenvalue weighted by molar-refractivity contribution is 5.98. The SMILES string of the molecule is CC(=O)N[C@H](C(=O)N[C@@H](CC(C)C)C(=O)N[C@H](C(=O)N[C@@H](CCCCN)C(=O)COC(=O)c1c(C)cccc1C)[C@@H](C)O)C(C)C. The lowest BCUT2D eigenvalue weighted by Gasteiger charge is -2.28. The van der Waals surface area contributed by atoms with E-state index in [4.69, 9.17) is 10.5 Å². The normalized spacial score (nSPS) is 14.4. The molecule has 258 valence electrons. The molecule has 0 aliphatic heterocycles. The Bertz CT molecular complexity index is 1200. The molecule has 0 aliphatic rings. The number of amides is 4. The molecule has 13 nitrogen and oxygen atoms in total. The van der Waals surface area contributed by atoms with Gasteiger partial charge in [0.2, 0.25) is 23.6 Å². The first-order valence-electron chi connectivity index (χ1n) is 15.8. The van der Waals surface area contributed by atoms with E-state index in [1.165, 1.54) is 13.8 Å². The molecule has 0 heterocycles. The largest absolute Gasteiger partial charge is 0.454 e. The Morgan fingerprint density at radius 3 is 1.87 bits per heavy atom. The van der Waals surface area contributed by atoms with Gasteiger partial charge in [-0.05, 0) is 76.0 Å². The Balaban J connectivity index is 3.11. The number of hydrogen-bond donors (Lipinski definition) is 6. The van der Waals surface area contributed by atoms with Crippen molar-refractivity contribution in [1.29, 1.82) is 0 Å². The van der Waals surface area contributed by atoms with Gasteiger partial charge < -0.3 is 36.8 Å². The van der Waals surface area contributed by atoms with E-state index in [0.717, 1.165) is 0 Å². The summed E-state index contributed by atoms with van der Waals surface area (Å²) in [5, 5.41) is 20.8. The summed E-state index contributed by atoms with van der Waals surface area (Å²) in [7, 11) is 0. The third-order valence-electron chi connectivity index (χ3n) is 7.39. The summed E-state index contributed by atoms with van der Waals surface area (Å²) in [6.07, 6.45) is 0.0867. The second-order valence-electron chi connectivity index (χ2n) is 12.5. The van der Waals surface area contributed by atoms with E-state index in [1.54, 1.807) is 45.9 Å². The van der Waals surface area contributed by atoms with Crippen molar-refractivity contribution in [2.75, 3.05) is 13.2 Å². The summed E-state index contributed by atoms with van der Waals surface area (Å²) in [5.74, 6) is -4.05. The molecule has 0 saturated carbocycles. The zero-order valence-corrected chi connectivity index (χ0v) is 28.4. The van der Waals surface area contributed by atoms with Gasteiger partial charge in [0.25, 0.3) is 0 Å². The van der Waals surface area contributed by atoms with Crippen LogP contribution in [0.4, 0.5) is 0 Å². The van der Waals surface area contributed by atoms with Crippen LogP contribution < -0.4 is 27.0 Å². The predicted octanol–water partition coefficient (Wildman–Crippen LogP) is 1.20. The fourth-order valence-electron chi connectivity index (χ4n) is 4.89. The maximum Gasteiger partial charge on any atom is 0.339 e. The fraction of sp³-hybridized carbons (Fsp3) is 0.636. The smallest absolute Gasteiger partial charge is 0.339 e. The number of Topliss-reactive ketones (excluding diaryl/α,β-unsaturated/α-hetero) is 1. The van der Waals surface area contributed by atoms with Gasteiger partial charge in [0.05, 0.1) is 17.7 Å². The number of ether oxygens (including phenoxy) is 1. The zero-order chi connectivity index (χ0) is 35.1. The summed E-state index contributed by atoms with van der Waals surface area (Å²) >= 11 is 0. The molecular formula is C33H53N5O8. The molecule has 0 spiro atoms. The van der Waals surface area contributed by atoms with Crippen LogP contribution >= 0.6 is 0 Å². The van der Waals surface area contributed by atoms with Gasteiger partial charge in [-0.15, -0.1) is 0 Å². The van der Waals surface area contributed by atoms with E-state index in [-0.39, 0.29) is 24.7 Å². The van der Waals surface area contributed by atoms with E-state index in [1.807, 2.05) is 13.8 Å². The van der Waals surface area contributed by atoms with Crippen LogP contribution in [0.5, 0.6) is 0 Å². The van der Waals surface area contributed by atoms with Crippen LogP contribution in [0.25, 0.3) is 0 Å². The van der Waals surface area contributed by atoms with Crippen LogP contribution in [0, 0.1) is 25.7 Å². The van der Waals surface area contributed by atoms with Crippen LogP contribution in [0.15, 0.2) is 18.2 Å². The minimum absolute atomic E-state index is 0.0381. The molecule has 0 aliphatic carbocycles. The maximum absolute atomic E-state index is 13.4. The molecular weight excluding hydrogens is 594 g/mol. The molecule has 7 N–H and O–H groups in total. The van der Waals surface area contributed by atoms with E-state index in [2.05, 4.69) is 21.3 Å². The van der Waals surface area contributed by atoms with Crippen molar-refractivity contribution in [3.63, 3.8) is 0 Å². The van der Waals surface area contributed by atoms with Crippen molar-refractivity contribution in [2.45, 2.75) is 111 Å². The average molecular weight is 648 g/mol. The van der Waals surface area contributed by atoms with Crippen LogP contribution in [-0.4, -0.2) is 83.9 Å². The van der Waals surface area contributed by atoms with Gasteiger partial charge >= 0.3 is 5.97 Å². The number of ketones is 1. The number of aryl methyl sites for hydroxylation is 2. The number of esters is 1. The van der Waals surface area contributed by atoms with Crippen LogP contribution in [-0.2, 0) is 28.7 Å². The third kappa shape index (κ3) is 13.3. The summed E-state index contributed by atoms with van der Waals surface area (Å²) in [6, 6.07) is 0.794. The van der Waals surface area contributed by atoms with Crippen molar-refractivity contribution < 1.29 is 38.6 Å². The Morgan fingerprint density at radius 1 is 0.804 bits per heavy atom. The Hall–Kier alpha value is -3.84. The summed E-state index contributed by atoms with van der Waals surface area (Å²) < 4.78 is 5.31. The molecule has 0 fully saturated rings. The Labute approximate surface area is 272 Å². The topological polar surface area (TPSA) is 206 Å². The third-order valence-corrected chi connectivity index (χ3v) is 7.39. The Morgan fingerprint density at radius 2 is 1.37 bits per heavy atom. The molecule has 5 atom stereocenters. The molecule has 0 unspecified atom stereocenters. The van der Waals surface area contributed by atoms with Gasteiger partial charge in [-0.2, -0.15) is 0 Å². The zero-order valence-electron chi connectivity index (χ0n) is 28.4. The highest BCUT2D eigenvalue weighted by Gasteiger charge is 2.34. The summed E-state index contributed by atoms with van der Waals surface area (Å²) in [5.41, 5.74) is 7.36. The van der Waals surface area contributed by atoms with Gasteiger partial charge in [0, 0.05) is 6.92 Å². The average Bonchev–Trinajstić information content (AvgIpc) is 2.95. The number of benzene rings is 1. The summed E-state index contributed by atoms with van der Waals surface area (Å²) in [4.78, 5) is 77.4. The molecule has 46 heavy (non-hydrogen) atoms. The molecule has 1 rings (SSSR count). The van der Waals surface area contributed by atoms with E-state index >= 15 is 0 Å². The molecule has 0 aromatic heterocycles. The van der Waals surface area contributed by atoms with Gasteiger partial charge in [-0.3, -0.25) is 24.0 Å². The monoisotopic (exact) mass is 647 g/mol. The number of nitrogens with two attached hydrogens (primary N) is 1. The van der Waals surface area contributed by atoms with Gasteiger partial charge in [-0.1, -0.05) is 45.9 Å². The molecule has 0 saturated heterocycles. The molecule has 1 aromatic carbocycles. The molecule has 13 heteroatoms. The molecule has 4 amide bonds. The lowest BCUT2D eigenvalue weighted by atomic mass is 9.99. The lowest BCUT2D eigenvalue weighted by Crippen LogP contribution is -2.60. The number of carbonyl (C=O) groups excluding carboxylic acids is 6. The van der Waals surface area contributed by atoms with Crippen molar-refractivity contribution >= 4 is 35.4 Å². The Kier molecular flexibility index (Phi) is 17.1. The second kappa shape index (κ2) is 19.6. The summed E-state index contributed by atoms with van der Waals surface area (Å²) in [6.45, 7) is 13.1. The number of aliphatic hydroxyl groups excluding tert-OH is 1. The molecule has 1 aromatic rings. The first-order valence-corrected chi connectivity index (χ1v) is 15.8. The number of rotatable bonds is 19. The van der Waals surface area contributed by atoms with Crippen LogP contribution in [0.3, 0.4) is 0 Å². The van der Waals surface area contributed by atoms with Crippen molar-refractivity contribution in [2.24, 2.45) is 17.6 Å². The molecule has 0 bridgehead atoms. The number of nitrogens with one attached hydrogen (secondary N) is 4. The fourth-order valence-corrected chi connectivity index (χ4v) is 4.89. The minimum Gasteiger partial charge on any atom is -0.454 e. The van der Waals surface area contributed by atoms with Crippen LogP contribution in [0.2, 0.25) is 0 Å². The van der Waals surface area contributed by atoms with Gasteiger partial charge in [0.15, 0.2) is 12.4 Å². The van der Waals surface area contributed by atoms with Crippen molar-refractivity contribution in [1.82, 2.24) is 21.3 Å².